The molecule has 1 fully saturated rings. The van der Waals surface area contributed by atoms with Crippen molar-refractivity contribution in [2.24, 2.45) is 11.1 Å². The van der Waals surface area contributed by atoms with E-state index >= 15 is 0 Å². The summed E-state index contributed by atoms with van der Waals surface area (Å²) in [6.07, 6.45) is 4.04. The molecule has 1 aliphatic heterocycles. The Morgan fingerprint density at radius 2 is 2.05 bits per heavy atom. The molecule has 0 aliphatic carbocycles. The van der Waals surface area contributed by atoms with Gasteiger partial charge in [-0.3, -0.25) is 4.79 Å². The number of hydrogen-bond donors (Lipinski definition) is 1. The Balaban J connectivity index is 0.00000220. The lowest BCUT2D eigenvalue weighted by Gasteiger charge is -2.41. The molecule has 118 valence electrons. The van der Waals surface area contributed by atoms with Crippen LogP contribution in [0.5, 0.6) is 0 Å². The molecule has 21 heavy (non-hydrogen) atoms. The van der Waals surface area contributed by atoms with E-state index in [1.165, 1.54) is 6.42 Å². The van der Waals surface area contributed by atoms with E-state index in [0.29, 0.717) is 6.42 Å². The van der Waals surface area contributed by atoms with E-state index in [-0.39, 0.29) is 23.7 Å². The molecule has 1 saturated heterocycles. The zero-order valence-corrected chi connectivity index (χ0v) is 13.9. The Morgan fingerprint density at radius 3 is 2.67 bits per heavy atom. The molecule has 0 spiro atoms. The number of benzene rings is 1. The number of nitrogens with two attached hydrogens (primary N) is 1. The third kappa shape index (κ3) is 4.72. The van der Waals surface area contributed by atoms with Crippen LogP contribution in [0.2, 0.25) is 0 Å². The first-order valence-electron chi connectivity index (χ1n) is 7.62. The molecule has 1 unspecified atom stereocenters. The second kappa shape index (κ2) is 7.81. The van der Waals surface area contributed by atoms with Crippen molar-refractivity contribution in [2.75, 3.05) is 13.1 Å². The van der Waals surface area contributed by atoms with E-state index in [9.17, 15) is 4.79 Å². The van der Waals surface area contributed by atoms with Gasteiger partial charge in [0.25, 0.3) is 0 Å². The Labute approximate surface area is 134 Å². The fourth-order valence-electron chi connectivity index (χ4n) is 2.98. The van der Waals surface area contributed by atoms with E-state index < -0.39 is 6.04 Å². The minimum atomic E-state index is -0.420. The number of hydrogen-bond acceptors (Lipinski definition) is 2. The summed E-state index contributed by atoms with van der Waals surface area (Å²) in [7, 11) is 0. The van der Waals surface area contributed by atoms with Gasteiger partial charge in [-0.2, -0.15) is 0 Å². The number of amides is 1. The fraction of sp³-hybridized carbons (Fsp3) is 0.588. The first-order valence-corrected chi connectivity index (χ1v) is 7.62. The van der Waals surface area contributed by atoms with Crippen LogP contribution in [0.3, 0.4) is 0 Å². The lowest BCUT2D eigenvalue weighted by molar-refractivity contribution is -0.135. The summed E-state index contributed by atoms with van der Waals surface area (Å²) in [6, 6.07) is 9.59. The van der Waals surface area contributed by atoms with E-state index in [1.807, 2.05) is 35.2 Å². The van der Waals surface area contributed by atoms with Crippen molar-refractivity contribution in [2.45, 2.75) is 45.6 Å². The molecule has 2 atom stereocenters. The van der Waals surface area contributed by atoms with Crippen LogP contribution in [-0.2, 0) is 11.2 Å². The maximum absolute atomic E-state index is 12.5. The SMILES string of the molecule is CCC1(C)CCCN(C(=O)[C@@H](N)Cc2ccccc2)C1.Cl. The fourth-order valence-corrected chi connectivity index (χ4v) is 2.98. The molecule has 0 bridgehead atoms. The van der Waals surface area contributed by atoms with Crippen LogP contribution in [-0.4, -0.2) is 29.9 Å². The van der Waals surface area contributed by atoms with Crippen molar-refractivity contribution in [3.8, 4) is 0 Å². The highest BCUT2D eigenvalue weighted by Crippen LogP contribution is 2.32. The summed E-state index contributed by atoms with van der Waals surface area (Å²) >= 11 is 0. The minimum Gasteiger partial charge on any atom is -0.341 e. The van der Waals surface area contributed by atoms with Gasteiger partial charge in [-0.1, -0.05) is 44.2 Å². The second-order valence-corrected chi connectivity index (χ2v) is 6.32. The summed E-state index contributed by atoms with van der Waals surface area (Å²) in [5.41, 5.74) is 7.51. The molecule has 0 saturated carbocycles. The lowest BCUT2D eigenvalue weighted by Crippen LogP contribution is -2.51. The van der Waals surface area contributed by atoms with Gasteiger partial charge < -0.3 is 10.6 Å². The summed E-state index contributed by atoms with van der Waals surface area (Å²) < 4.78 is 0. The monoisotopic (exact) mass is 310 g/mol. The summed E-state index contributed by atoms with van der Waals surface area (Å²) in [5, 5.41) is 0. The zero-order chi connectivity index (χ0) is 14.6. The lowest BCUT2D eigenvalue weighted by atomic mass is 9.79. The van der Waals surface area contributed by atoms with Crippen molar-refractivity contribution in [1.82, 2.24) is 4.90 Å². The number of halogens is 1. The number of carbonyl (C=O) groups excluding carboxylic acids is 1. The Morgan fingerprint density at radius 1 is 1.38 bits per heavy atom. The number of piperidine rings is 1. The number of nitrogens with zero attached hydrogens (tertiary/aromatic N) is 1. The van der Waals surface area contributed by atoms with Gasteiger partial charge in [0.2, 0.25) is 5.91 Å². The predicted molar refractivity (Wildman–Crippen MR) is 89.6 cm³/mol. The molecule has 2 N–H and O–H groups in total. The Hall–Kier alpha value is -1.06. The summed E-state index contributed by atoms with van der Waals surface area (Å²) in [6.45, 7) is 6.19. The molecule has 0 radical (unpaired) electrons. The van der Waals surface area contributed by atoms with Gasteiger partial charge in [0, 0.05) is 13.1 Å². The van der Waals surface area contributed by atoms with Gasteiger partial charge in [0.05, 0.1) is 6.04 Å². The smallest absolute Gasteiger partial charge is 0.239 e. The molecule has 3 nitrogen and oxygen atoms in total. The second-order valence-electron chi connectivity index (χ2n) is 6.32. The molecule has 1 amide bonds. The molecule has 1 aliphatic rings. The standard InChI is InChI=1S/C17H26N2O.ClH/c1-3-17(2)10-7-11-19(13-17)16(20)15(18)12-14-8-5-4-6-9-14;/h4-6,8-9,15H,3,7,10-13,18H2,1-2H3;1H/t15-,17?;/m0./s1. The van der Waals surface area contributed by atoms with E-state index in [2.05, 4.69) is 13.8 Å². The first-order chi connectivity index (χ1) is 9.54. The van der Waals surface area contributed by atoms with Crippen LogP contribution in [0.1, 0.15) is 38.7 Å². The molecule has 4 heteroatoms. The van der Waals surface area contributed by atoms with Crippen molar-refractivity contribution in [3.63, 3.8) is 0 Å². The highest BCUT2D eigenvalue weighted by Gasteiger charge is 2.33. The maximum atomic E-state index is 12.5. The van der Waals surface area contributed by atoms with Crippen molar-refractivity contribution >= 4 is 18.3 Å². The van der Waals surface area contributed by atoms with Gasteiger partial charge in [0.1, 0.15) is 0 Å². The zero-order valence-electron chi connectivity index (χ0n) is 13.0. The topological polar surface area (TPSA) is 46.3 Å². The van der Waals surface area contributed by atoms with Gasteiger partial charge in [0.15, 0.2) is 0 Å². The van der Waals surface area contributed by atoms with Gasteiger partial charge in [-0.25, -0.2) is 0 Å². The van der Waals surface area contributed by atoms with Crippen LogP contribution < -0.4 is 5.73 Å². The van der Waals surface area contributed by atoms with Crippen LogP contribution >= 0.6 is 12.4 Å². The first kappa shape index (κ1) is 18.0. The largest absolute Gasteiger partial charge is 0.341 e. The molecular formula is C17H27ClN2O. The third-order valence-electron chi connectivity index (χ3n) is 4.56. The van der Waals surface area contributed by atoms with Crippen LogP contribution in [0.4, 0.5) is 0 Å². The van der Waals surface area contributed by atoms with Crippen LogP contribution in [0.15, 0.2) is 30.3 Å². The summed E-state index contributed by atoms with van der Waals surface area (Å²) in [5.74, 6) is 0.105. The normalized spacial score (nSPS) is 23.3. The van der Waals surface area contributed by atoms with Crippen LogP contribution in [0.25, 0.3) is 0 Å². The van der Waals surface area contributed by atoms with E-state index in [1.54, 1.807) is 0 Å². The van der Waals surface area contributed by atoms with Crippen molar-refractivity contribution in [3.05, 3.63) is 35.9 Å². The molecule has 0 aromatic heterocycles. The number of likely N-dealkylation sites (tertiary alicyclic amines) is 1. The highest BCUT2D eigenvalue weighted by molar-refractivity contribution is 5.85. The number of rotatable bonds is 4. The van der Waals surface area contributed by atoms with Crippen molar-refractivity contribution < 1.29 is 4.79 Å². The maximum Gasteiger partial charge on any atom is 0.239 e. The molecule has 1 aromatic rings. The van der Waals surface area contributed by atoms with Crippen molar-refractivity contribution in [1.29, 1.82) is 0 Å². The van der Waals surface area contributed by atoms with E-state index in [0.717, 1.165) is 31.5 Å². The molecule has 2 rings (SSSR count). The minimum absolute atomic E-state index is 0. The van der Waals surface area contributed by atoms with E-state index in [4.69, 9.17) is 5.73 Å². The molecule has 1 aromatic carbocycles. The van der Waals surface area contributed by atoms with Gasteiger partial charge in [-0.15, -0.1) is 12.4 Å². The van der Waals surface area contributed by atoms with Gasteiger partial charge in [-0.05, 0) is 36.7 Å². The van der Waals surface area contributed by atoms with Crippen LogP contribution in [0, 0.1) is 5.41 Å². The predicted octanol–water partition coefficient (Wildman–Crippen LogP) is 3.02. The average molecular weight is 311 g/mol. The Bertz CT molecular complexity index is 451. The molecule has 1 heterocycles. The number of carbonyl (C=O) groups is 1. The Kier molecular flexibility index (Phi) is 6.69. The molecular weight excluding hydrogens is 284 g/mol. The average Bonchev–Trinajstić information content (AvgIpc) is 2.47. The summed E-state index contributed by atoms with van der Waals surface area (Å²) in [4.78, 5) is 14.5. The quantitative estimate of drug-likeness (QED) is 0.929. The van der Waals surface area contributed by atoms with Gasteiger partial charge >= 0.3 is 0 Å². The third-order valence-corrected chi connectivity index (χ3v) is 4.56. The highest BCUT2D eigenvalue weighted by atomic mass is 35.5.